The molecule has 1 fully saturated rings. The lowest BCUT2D eigenvalue weighted by atomic mass is 9.67. The largest absolute Gasteiger partial charge is 0.469 e. The van der Waals surface area contributed by atoms with Crippen LogP contribution in [0.4, 0.5) is 5.69 Å². The lowest BCUT2D eigenvalue weighted by Gasteiger charge is -2.36. The van der Waals surface area contributed by atoms with Crippen LogP contribution < -0.4 is 9.62 Å². The van der Waals surface area contributed by atoms with E-state index < -0.39 is 27.8 Å². The van der Waals surface area contributed by atoms with E-state index >= 15 is 0 Å². The number of nitrogens with zero attached hydrogens (tertiary/aromatic N) is 1. The summed E-state index contributed by atoms with van der Waals surface area (Å²) in [6, 6.07) is 10.8. The molecular weight excluding hydrogens is 516 g/mol. The maximum Gasteiger partial charge on any atom is 0.309 e. The van der Waals surface area contributed by atoms with Crippen LogP contribution >= 0.6 is 0 Å². The molecule has 210 valence electrons. The van der Waals surface area contributed by atoms with Gasteiger partial charge < -0.3 is 9.64 Å². The van der Waals surface area contributed by atoms with Gasteiger partial charge >= 0.3 is 5.97 Å². The second-order valence-electron chi connectivity index (χ2n) is 11.5. The van der Waals surface area contributed by atoms with E-state index in [-0.39, 0.29) is 34.3 Å². The summed E-state index contributed by atoms with van der Waals surface area (Å²) in [6.45, 7) is 4.18. The molecule has 2 aromatic rings. The van der Waals surface area contributed by atoms with E-state index in [1.165, 1.54) is 7.11 Å². The van der Waals surface area contributed by atoms with E-state index in [2.05, 4.69) is 4.72 Å². The Balaban J connectivity index is 1.44. The number of anilines is 1. The lowest BCUT2D eigenvalue weighted by molar-refractivity contribution is -0.149. The number of ketones is 2. The standard InChI is InChI=1S/C30H38N2O6S/c1-30(2)18-19(33)16-23-24(30)17-26(34)28(23)22(29(35)38-5)10-6-7-15-31-39(36,37)27-14-9-11-20-21(27)12-8-13-25(20)32(3)4/h8-9,11-14,16,22,24,28,31H,6-7,10,15,17-18H2,1-5H3/t22-,24?,28?/m1/s1. The van der Waals surface area contributed by atoms with Gasteiger partial charge in [-0.25, -0.2) is 13.1 Å². The van der Waals surface area contributed by atoms with Crippen molar-refractivity contribution in [2.75, 3.05) is 32.6 Å². The Labute approximate surface area is 230 Å². The molecule has 2 aliphatic carbocycles. The minimum Gasteiger partial charge on any atom is -0.469 e. The summed E-state index contributed by atoms with van der Waals surface area (Å²) < 4.78 is 34.1. The number of Topliss-reactive ketones (excluding diaryl/α,β-unsaturated/α-hetero) is 1. The van der Waals surface area contributed by atoms with Crippen molar-refractivity contribution < 1.29 is 27.5 Å². The first-order valence-corrected chi connectivity index (χ1v) is 14.9. The number of allylic oxidation sites excluding steroid dienone is 2. The molecule has 1 saturated carbocycles. The van der Waals surface area contributed by atoms with Gasteiger partial charge in [0.25, 0.3) is 0 Å². The Kier molecular flexibility index (Phi) is 8.33. The normalized spacial score (nSPS) is 21.4. The van der Waals surface area contributed by atoms with Crippen molar-refractivity contribution in [1.29, 1.82) is 0 Å². The summed E-state index contributed by atoms with van der Waals surface area (Å²) in [7, 11) is 1.36. The van der Waals surface area contributed by atoms with Crippen molar-refractivity contribution in [3.8, 4) is 0 Å². The van der Waals surface area contributed by atoms with E-state index in [0.29, 0.717) is 37.5 Å². The van der Waals surface area contributed by atoms with Gasteiger partial charge in [-0.05, 0) is 42.4 Å². The predicted octanol–water partition coefficient (Wildman–Crippen LogP) is 4.27. The molecule has 0 spiro atoms. The zero-order valence-corrected chi connectivity index (χ0v) is 24.1. The molecule has 1 N–H and O–H groups in total. The van der Waals surface area contributed by atoms with Gasteiger partial charge in [0.1, 0.15) is 5.78 Å². The van der Waals surface area contributed by atoms with Crippen LogP contribution in [0.5, 0.6) is 0 Å². The minimum atomic E-state index is -3.77. The highest BCUT2D eigenvalue weighted by atomic mass is 32.2. The van der Waals surface area contributed by atoms with Gasteiger partial charge in [0.15, 0.2) is 5.78 Å². The molecule has 0 aromatic heterocycles. The number of fused-ring (bicyclic) bond motifs is 2. The topological polar surface area (TPSA) is 110 Å². The van der Waals surface area contributed by atoms with Crippen LogP contribution in [0, 0.1) is 23.2 Å². The average Bonchev–Trinajstić information content (AvgIpc) is 3.20. The minimum absolute atomic E-state index is 0.0184. The molecule has 2 aliphatic rings. The molecule has 9 heteroatoms. The number of ether oxygens (including phenoxy) is 1. The van der Waals surface area contributed by atoms with Gasteiger partial charge in [-0.1, -0.05) is 50.1 Å². The van der Waals surface area contributed by atoms with E-state index in [9.17, 15) is 22.8 Å². The van der Waals surface area contributed by atoms with Crippen molar-refractivity contribution >= 4 is 44.0 Å². The monoisotopic (exact) mass is 554 g/mol. The Morgan fingerprint density at radius 2 is 1.79 bits per heavy atom. The third kappa shape index (κ3) is 5.79. The molecule has 4 rings (SSSR count). The molecule has 0 amide bonds. The Morgan fingerprint density at radius 3 is 2.49 bits per heavy atom. The first kappa shape index (κ1) is 29.0. The molecule has 0 radical (unpaired) electrons. The molecular formula is C30H38N2O6S. The fourth-order valence-corrected chi connectivity index (χ4v) is 7.56. The Morgan fingerprint density at radius 1 is 1.10 bits per heavy atom. The quantitative estimate of drug-likeness (QED) is 0.345. The average molecular weight is 555 g/mol. The summed E-state index contributed by atoms with van der Waals surface area (Å²) >= 11 is 0. The van der Waals surface area contributed by atoms with Gasteiger partial charge in [0.2, 0.25) is 10.0 Å². The van der Waals surface area contributed by atoms with Crippen molar-refractivity contribution in [2.24, 2.45) is 23.2 Å². The third-order valence-corrected chi connectivity index (χ3v) is 9.70. The van der Waals surface area contributed by atoms with Crippen molar-refractivity contribution in [3.05, 3.63) is 48.0 Å². The van der Waals surface area contributed by atoms with Crippen LogP contribution in [-0.4, -0.2) is 53.7 Å². The van der Waals surface area contributed by atoms with Crippen molar-refractivity contribution in [2.45, 2.75) is 50.8 Å². The Hall–Kier alpha value is -3.04. The Bertz CT molecular complexity index is 1430. The second kappa shape index (κ2) is 11.2. The maximum absolute atomic E-state index is 13.2. The number of methoxy groups -OCH3 is 1. The number of carbonyl (C=O) groups excluding carboxylic acids is 3. The summed E-state index contributed by atoms with van der Waals surface area (Å²) in [4.78, 5) is 40.4. The zero-order chi connectivity index (χ0) is 28.5. The molecule has 0 saturated heterocycles. The van der Waals surface area contributed by atoms with Crippen LogP contribution in [0.3, 0.4) is 0 Å². The van der Waals surface area contributed by atoms with E-state index in [1.54, 1.807) is 24.3 Å². The fourth-order valence-electron chi connectivity index (χ4n) is 6.27. The van der Waals surface area contributed by atoms with Gasteiger partial charge in [0.05, 0.1) is 23.8 Å². The summed E-state index contributed by atoms with van der Waals surface area (Å²) in [5.41, 5.74) is 1.35. The molecule has 8 nitrogen and oxygen atoms in total. The van der Waals surface area contributed by atoms with Gasteiger partial charge in [0, 0.05) is 49.9 Å². The van der Waals surface area contributed by atoms with E-state index in [0.717, 1.165) is 16.6 Å². The van der Waals surface area contributed by atoms with Gasteiger partial charge in [-0.15, -0.1) is 0 Å². The fraction of sp³-hybridized carbons (Fsp3) is 0.500. The number of hydrogen-bond acceptors (Lipinski definition) is 7. The maximum atomic E-state index is 13.2. The highest BCUT2D eigenvalue weighted by Crippen LogP contribution is 2.51. The zero-order valence-electron chi connectivity index (χ0n) is 23.3. The van der Waals surface area contributed by atoms with Crippen LogP contribution in [0.2, 0.25) is 0 Å². The number of unbranched alkanes of at least 4 members (excludes halogenated alkanes) is 1. The second-order valence-corrected chi connectivity index (χ2v) is 13.3. The first-order valence-electron chi connectivity index (χ1n) is 13.4. The molecule has 39 heavy (non-hydrogen) atoms. The highest BCUT2D eigenvalue weighted by Gasteiger charge is 2.51. The lowest BCUT2D eigenvalue weighted by Crippen LogP contribution is -2.34. The molecule has 2 unspecified atom stereocenters. The number of nitrogens with one attached hydrogen (secondary N) is 1. The number of rotatable bonds is 10. The van der Waals surface area contributed by atoms with Crippen molar-refractivity contribution in [1.82, 2.24) is 4.72 Å². The number of hydrogen-bond donors (Lipinski definition) is 1. The van der Waals surface area contributed by atoms with Crippen LogP contribution in [0.1, 0.15) is 46.0 Å². The number of sulfonamides is 1. The number of benzene rings is 2. The molecule has 3 atom stereocenters. The van der Waals surface area contributed by atoms with E-state index in [4.69, 9.17) is 4.74 Å². The summed E-state index contributed by atoms with van der Waals surface area (Å²) in [5.74, 6) is -1.93. The van der Waals surface area contributed by atoms with Crippen LogP contribution in [0.15, 0.2) is 52.9 Å². The predicted molar refractivity (Wildman–Crippen MR) is 151 cm³/mol. The molecule has 0 bridgehead atoms. The van der Waals surface area contributed by atoms with E-state index in [1.807, 2.05) is 51.0 Å². The van der Waals surface area contributed by atoms with Crippen molar-refractivity contribution in [3.63, 3.8) is 0 Å². The number of carbonyl (C=O) groups is 3. The smallest absolute Gasteiger partial charge is 0.309 e. The van der Waals surface area contributed by atoms with Crippen LogP contribution in [0.25, 0.3) is 10.8 Å². The summed E-state index contributed by atoms with van der Waals surface area (Å²) in [5, 5.41) is 1.50. The highest BCUT2D eigenvalue weighted by molar-refractivity contribution is 7.89. The van der Waals surface area contributed by atoms with Crippen LogP contribution in [-0.2, 0) is 29.1 Å². The molecule has 0 heterocycles. The molecule has 0 aliphatic heterocycles. The summed E-state index contributed by atoms with van der Waals surface area (Å²) in [6.07, 6.45) is 3.64. The first-order chi connectivity index (χ1) is 18.4. The SMILES string of the molecule is COC(=O)[C@H](CCCCNS(=O)(=O)c1cccc2c(N(C)C)cccc12)C1C(=O)CC2C1=CC(=O)CC2(C)C. The number of esters is 1. The van der Waals surface area contributed by atoms with Gasteiger partial charge in [-0.2, -0.15) is 0 Å². The third-order valence-electron chi connectivity index (χ3n) is 8.19. The molecule has 2 aromatic carbocycles. The van der Waals surface area contributed by atoms with Gasteiger partial charge in [-0.3, -0.25) is 14.4 Å².